The van der Waals surface area contributed by atoms with E-state index in [-0.39, 0.29) is 18.5 Å². The zero-order chi connectivity index (χ0) is 18.7. The normalized spacial score (nSPS) is 15.7. The lowest BCUT2D eigenvalue weighted by Crippen LogP contribution is -2.45. The molecule has 0 aliphatic carbocycles. The van der Waals surface area contributed by atoms with Crippen LogP contribution in [0.1, 0.15) is 31.0 Å². The van der Waals surface area contributed by atoms with Crippen LogP contribution in [-0.4, -0.2) is 23.8 Å². The standard InChI is InChI=1S/C20H21N3O3/c1-13(2)23-16-11-7-6-10-15(16)17(20(23)26)22-19(25)18(24)21-12-14-8-4-3-5-9-14/h3-11,13,17H,12H2,1-2H3,(H,21,24)(H,22,25). The van der Waals surface area contributed by atoms with E-state index < -0.39 is 17.9 Å². The average Bonchev–Trinajstić information content (AvgIpc) is 2.92. The number of carbonyl (C=O) groups excluding carboxylic acids is 3. The molecule has 0 spiro atoms. The molecule has 0 saturated carbocycles. The summed E-state index contributed by atoms with van der Waals surface area (Å²) in [5, 5.41) is 5.13. The summed E-state index contributed by atoms with van der Waals surface area (Å²) >= 11 is 0. The molecule has 0 saturated heterocycles. The third kappa shape index (κ3) is 3.44. The Balaban J connectivity index is 1.69. The highest BCUT2D eigenvalue weighted by Gasteiger charge is 2.39. The molecule has 0 aromatic heterocycles. The van der Waals surface area contributed by atoms with Gasteiger partial charge in [0, 0.05) is 23.8 Å². The van der Waals surface area contributed by atoms with Crippen molar-refractivity contribution in [2.75, 3.05) is 4.90 Å². The van der Waals surface area contributed by atoms with Crippen molar-refractivity contribution in [2.45, 2.75) is 32.5 Å². The minimum Gasteiger partial charge on any atom is -0.344 e. The molecule has 6 heteroatoms. The lowest BCUT2D eigenvalue weighted by atomic mass is 10.1. The number of carbonyl (C=O) groups is 3. The van der Waals surface area contributed by atoms with Gasteiger partial charge in [0.15, 0.2) is 0 Å². The second kappa shape index (κ2) is 7.39. The quantitative estimate of drug-likeness (QED) is 0.826. The van der Waals surface area contributed by atoms with E-state index in [1.807, 2.05) is 62.4 Å². The molecule has 2 aromatic carbocycles. The Morgan fingerprint density at radius 2 is 1.65 bits per heavy atom. The first-order valence-corrected chi connectivity index (χ1v) is 8.53. The molecule has 0 fully saturated rings. The molecule has 1 aliphatic heterocycles. The molecule has 3 amide bonds. The number of nitrogens with zero attached hydrogens (tertiary/aromatic N) is 1. The number of fused-ring (bicyclic) bond motifs is 1. The van der Waals surface area contributed by atoms with Gasteiger partial charge in [-0.25, -0.2) is 0 Å². The minimum atomic E-state index is -0.844. The molecule has 1 unspecified atom stereocenters. The van der Waals surface area contributed by atoms with Gasteiger partial charge in [-0.3, -0.25) is 14.4 Å². The largest absolute Gasteiger partial charge is 0.344 e. The molecule has 134 valence electrons. The number of benzene rings is 2. The summed E-state index contributed by atoms with van der Waals surface area (Å²) in [6, 6.07) is 15.7. The van der Waals surface area contributed by atoms with Crippen molar-refractivity contribution in [3.05, 3.63) is 65.7 Å². The zero-order valence-electron chi connectivity index (χ0n) is 14.7. The lowest BCUT2D eigenvalue weighted by molar-refractivity contribution is -0.140. The SMILES string of the molecule is CC(C)N1C(=O)C(NC(=O)C(=O)NCc2ccccc2)c2ccccc21. The van der Waals surface area contributed by atoms with E-state index in [1.54, 1.807) is 11.0 Å². The second-order valence-corrected chi connectivity index (χ2v) is 6.44. The van der Waals surface area contributed by atoms with E-state index in [9.17, 15) is 14.4 Å². The fourth-order valence-electron chi connectivity index (χ4n) is 3.07. The number of rotatable bonds is 4. The fourth-order valence-corrected chi connectivity index (χ4v) is 3.07. The molecule has 6 nitrogen and oxygen atoms in total. The number of nitrogens with one attached hydrogen (secondary N) is 2. The minimum absolute atomic E-state index is 0.0440. The summed E-state index contributed by atoms with van der Waals surface area (Å²) in [6.45, 7) is 4.07. The Morgan fingerprint density at radius 3 is 2.35 bits per heavy atom. The smallest absolute Gasteiger partial charge is 0.310 e. The van der Waals surface area contributed by atoms with Crippen molar-refractivity contribution < 1.29 is 14.4 Å². The summed E-state index contributed by atoms with van der Waals surface area (Å²) < 4.78 is 0. The first kappa shape index (κ1) is 17.7. The molecule has 2 aromatic rings. The van der Waals surface area contributed by atoms with Crippen LogP contribution in [0.15, 0.2) is 54.6 Å². The van der Waals surface area contributed by atoms with Gasteiger partial charge in [-0.15, -0.1) is 0 Å². The predicted molar refractivity (Wildman–Crippen MR) is 98.2 cm³/mol. The number of amides is 3. The van der Waals surface area contributed by atoms with Crippen molar-refractivity contribution in [2.24, 2.45) is 0 Å². The first-order chi connectivity index (χ1) is 12.5. The van der Waals surface area contributed by atoms with Crippen LogP contribution in [0.5, 0.6) is 0 Å². The summed E-state index contributed by atoms with van der Waals surface area (Å²) in [6.07, 6.45) is 0. The molecule has 0 radical (unpaired) electrons. The van der Waals surface area contributed by atoms with Gasteiger partial charge in [0.2, 0.25) is 0 Å². The van der Waals surface area contributed by atoms with Gasteiger partial charge in [0.05, 0.1) is 0 Å². The Morgan fingerprint density at radius 1 is 1.00 bits per heavy atom. The van der Waals surface area contributed by atoms with Gasteiger partial charge in [0.1, 0.15) is 6.04 Å². The molecule has 1 atom stereocenters. The van der Waals surface area contributed by atoms with E-state index >= 15 is 0 Å². The third-order valence-electron chi connectivity index (χ3n) is 4.29. The Labute approximate surface area is 152 Å². The van der Waals surface area contributed by atoms with Crippen LogP contribution in [0.25, 0.3) is 0 Å². The summed E-state index contributed by atoms with van der Waals surface area (Å²) in [5.41, 5.74) is 2.36. The van der Waals surface area contributed by atoms with Crippen LogP contribution in [0.4, 0.5) is 5.69 Å². The van der Waals surface area contributed by atoms with Crippen LogP contribution >= 0.6 is 0 Å². The average molecular weight is 351 g/mol. The molecule has 3 rings (SSSR count). The monoisotopic (exact) mass is 351 g/mol. The second-order valence-electron chi connectivity index (χ2n) is 6.44. The van der Waals surface area contributed by atoms with Gasteiger partial charge in [-0.05, 0) is 25.5 Å². The van der Waals surface area contributed by atoms with E-state index in [0.29, 0.717) is 5.56 Å². The van der Waals surface area contributed by atoms with E-state index in [1.165, 1.54) is 0 Å². The van der Waals surface area contributed by atoms with E-state index in [2.05, 4.69) is 10.6 Å². The van der Waals surface area contributed by atoms with Crippen LogP contribution in [0.3, 0.4) is 0 Å². The van der Waals surface area contributed by atoms with E-state index in [0.717, 1.165) is 11.3 Å². The van der Waals surface area contributed by atoms with Gasteiger partial charge in [-0.2, -0.15) is 0 Å². The Bertz CT molecular complexity index is 833. The molecule has 2 N–H and O–H groups in total. The number of para-hydroxylation sites is 1. The molecular formula is C20H21N3O3. The first-order valence-electron chi connectivity index (χ1n) is 8.53. The molecule has 0 bridgehead atoms. The maximum Gasteiger partial charge on any atom is 0.310 e. The van der Waals surface area contributed by atoms with Crippen molar-refractivity contribution in [1.29, 1.82) is 0 Å². The maximum atomic E-state index is 12.7. The Kier molecular flexibility index (Phi) is 5.02. The highest BCUT2D eigenvalue weighted by Crippen LogP contribution is 2.36. The van der Waals surface area contributed by atoms with Gasteiger partial charge in [-0.1, -0.05) is 48.5 Å². The summed E-state index contributed by atoms with van der Waals surface area (Å²) in [7, 11) is 0. The van der Waals surface area contributed by atoms with Crippen molar-refractivity contribution in [1.82, 2.24) is 10.6 Å². The van der Waals surface area contributed by atoms with Crippen molar-refractivity contribution in [3.63, 3.8) is 0 Å². The highest BCUT2D eigenvalue weighted by molar-refractivity contribution is 6.35. The van der Waals surface area contributed by atoms with Crippen LogP contribution in [-0.2, 0) is 20.9 Å². The molecular weight excluding hydrogens is 330 g/mol. The topological polar surface area (TPSA) is 78.5 Å². The summed E-state index contributed by atoms with van der Waals surface area (Å²) in [4.78, 5) is 38.7. The van der Waals surface area contributed by atoms with Crippen molar-refractivity contribution in [3.8, 4) is 0 Å². The molecule has 26 heavy (non-hydrogen) atoms. The summed E-state index contributed by atoms with van der Waals surface area (Å²) in [5.74, 6) is -1.81. The highest BCUT2D eigenvalue weighted by atomic mass is 16.2. The Hall–Kier alpha value is -3.15. The lowest BCUT2D eigenvalue weighted by Gasteiger charge is -2.22. The van der Waals surface area contributed by atoms with E-state index in [4.69, 9.17) is 0 Å². The van der Waals surface area contributed by atoms with Gasteiger partial charge in [0.25, 0.3) is 5.91 Å². The van der Waals surface area contributed by atoms with Gasteiger partial charge < -0.3 is 15.5 Å². The number of hydrogen-bond donors (Lipinski definition) is 2. The van der Waals surface area contributed by atoms with Crippen LogP contribution in [0.2, 0.25) is 0 Å². The third-order valence-corrected chi connectivity index (χ3v) is 4.29. The van der Waals surface area contributed by atoms with Crippen molar-refractivity contribution >= 4 is 23.4 Å². The predicted octanol–water partition coefficient (Wildman–Crippen LogP) is 1.92. The van der Waals surface area contributed by atoms with Crippen LogP contribution in [0, 0.1) is 0 Å². The van der Waals surface area contributed by atoms with Crippen LogP contribution < -0.4 is 15.5 Å². The number of hydrogen-bond acceptors (Lipinski definition) is 3. The zero-order valence-corrected chi connectivity index (χ0v) is 14.7. The maximum absolute atomic E-state index is 12.7. The fraction of sp³-hybridized carbons (Fsp3) is 0.250. The molecule has 1 aliphatic rings. The van der Waals surface area contributed by atoms with Gasteiger partial charge >= 0.3 is 11.8 Å². The number of anilines is 1. The molecule has 1 heterocycles.